The molecule has 7 nitrogen and oxygen atoms in total. The normalized spacial score (nSPS) is 10.7. The number of hydrogen-bond donors (Lipinski definition) is 3. The Morgan fingerprint density at radius 1 is 1.42 bits per heavy atom. The van der Waals surface area contributed by atoms with Gasteiger partial charge < -0.3 is 16.7 Å². The van der Waals surface area contributed by atoms with Crippen LogP contribution in [0, 0.1) is 0 Å². The van der Waals surface area contributed by atoms with E-state index >= 15 is 0 Å². The first-order valence-electron chi connectivity index (χ1n) is 3.14. The first kappa shape index (κ1) is 6.65. The molecule has 2 heterocycles. The van der Waals surface area contributed by atoms with Crippen LogP contribution in [0.2, 0.25) is 0 Å². The van der Waals surface area contributed by atoms with Crippen LogP contribution < -0.4 is 11.6 Å². The summed E-state index contributed by atoms with van der Waals surface area (Å²) in [6.07, 6.45) is 1.37. The molecular weight excluding hydrogens is 160 g/mol. The van der Waals surface area contributed by atoms with Crippen molar-refractivity contribution in [3.8, 4) is 5.88 Å². The minimum Gasteiger partial charge on any atom is -0.493 e. The van der Waals surface area contributed by atoms with Crippen molar-refractivity contribution in [2.45, 2.75) is 0 Å². The van der Waals surface area contributed by atoms with Crippen LogP contribution in [0.25, 0.3) is 11.0 Å². The molecule has 0 aliphatic heterocycles. The van der Waals surface area contributed by atoms with Gasteiger partial charge in [-0.05, 0) is 0 Å². The van der Waals surface area contributed by atoms with Gasteiger partial charge in [0.1, 0.15) is 5.39 Å². The Hall–Kier alpha value is -2.05. The third-order valence-corrected chi connectivity index (χ3v) is 1.45. The smallest absolute Gasteiger partial charge is 0.227 e. The molecule has 0 fully saturated rings. The highest BCUT2D eigenvalue weighted by Crippen LogP contribution is 2.19. The summed E-state index contributed by atoms with van der Waals surface area (Å²) in [7, 11) is 0. The Labute approximate surface area is 66.6 Å². The summed E-state index contributed by atoms with van der Waals surface area (Å²) in [6.45, 7) is 0. The zero-order valence-corrected chi connectivity index (χ0v) is 5.97. The second-order valence-corrected chi connectivity index (χ2v) is 2.23. The van der Waals surface area contributed by atoms with Crippen LogP contribution in [0.15, 0.2) is 6.20 Å². The number of aromatic nitrogens is 4. The van der Waals surface area contributed by atoms with Crippen LogP contribution in [-0.2, 0) is 0 Å². The number of anilines is 1. The van der Waals surface area contributed by atoms with Crippen LogP contribution in [0.4, 0.5) is 5.95 Å². The van der Waals surface area contributed by atoms with E-state index in [9.17, 15) is 5.11 Å². The van der Waals surface area contributed by atoms with E-state index in [4.69, 9.17) is 11.6 Å². The molecule has 2 rings (SSSR count). The molecule has 0 atom stereocenters. The van der Waals surface area contributed by atoms with Gasteiger partial charge in [0.15, 0.2) is 5.65 Å². The number of rotatable bonds is 0. The SMILES string of the molecule is Nc1nc(O)c2cnn(N)c2n1. The van der Waals surface area contributed by atoms with Crippen LogP contribution in [0.1, 0.15) is 0 Å². The van der Waals surface area contributed by atoms with E-state index in [-0.39, 0.29) is 11.8 Å². The molecule has 0 unspecified atom stereocenters. The van der Waals surface area contributed by atoms with Gasteiger partial charge in [-0.2, -0.15) is 19.9 Å². The van der Waals surface area contributed by atoms with Crippen LogP contribution >= 0.6 is 0 Å². The van der Waals surface area contributed by atoms with Crippen molar-refractivity contribution in [3.63, 3.8) is 0 Å². The first-order valence-corrected chi connectivity index (χ1v) is 3.14. The summed E-state index contributed by atoms with van der Waals surface area (Å²) in [5.74, 6) is 5.11. The number of nitrogens with two attached hydrogens (primary N) is 2. The van der Waals surface area contributed by atoms with Gasteiger partial charge in [0.05, 0.1) is 6.20 Å². The molecule has 12 heavy (non-hydrogen) atoms. The van der Waals surface area contributed by atoms with Gasteiger partial charge in [0, 0.05) is 0 Å². The molecule has 2 aromatic heterocycles. The monoisotopic (exact) mass is 166 g/mol. The Kier molecular flexibility index (Phi) is 1.09. The fourth-order valence-electron chi connectivity index (χ4n) is 0.927. The van der Waals surface area contributed by atoms with Crippen LogP contribution in [0.3, 0.4) is 0 Å². The topological polar surface area (TPSA) is 116 Å². The summed E-state index contributed by atoms with van der Waals surface area (Å²) >= 11 is 0. The first-order chi connectivity index (χ1) is 5.68. The fraction of sp³-hybridized carbons (Fsp3) is 0. The summed E-state index contributed by atoms with van der Waals surface area (Å²) in [5.41, 5.74) is 5.58. The average Bonchev–Trinajstić information content (AvgIpc) is 2.33. The van der Waals surface area contributed by atoms with E-state index in [1.165, 1.54) is 6.20 Å². The lowest BCUT2D eigenvalue weighted by Crippen LogP contribution is -2.10. The number of nitrogen functional groups attached to an aromatic ring is 2. The number of fused-ring (bicyclic) bond motifs is 1. The molecule has 0 bridgehead atoms. The van der Waals surface area contributed by atoms with E-state index in [1.807, 2.05) is 0 Å². The number of aromatic hydroxyl groups is 1. The van der Waals surface area contributed by atoms with Crippen LogP contribution in [0.5, 0.6) is 5.88 Å². The maximum absolute atomic E-state index is 9.23. The molecule has 2 aromatic rings. The highest BCUT2D eigenvalue weighted by molar-refractivity contribution is 5.80. The number of nitrogens with zero attached hydrogens (tertiary/aromatic N) is 4. The minimum atomic E-state index is -0.214. The molecule has 0 spiro atoms. The van der Waals surface area contributed by atoms with E-state index in [1.54, 1.807) is 0 Å². The molecule has 0 saturated heterocycles. The highest BCUT2D eigenvalue weighted by Gasteiger charge is 2.08. The Morgan fingerprint density at radius 3 is 2.92 bits per heavy atom. The van der Waals surface area contributed by atoms with Crippen molar-refractivity contribution >= 4 is 17.0 Å². The predicted molar refractivity (Wildman–Crippen MR) is 41.6 cm³/mol. The summed E-state index contributed by atoms with van der Waals surface area (Å²) < 4.78 is 0. The number of hydrogen-bond acceptors (Lipinski definition) is 6. The van der Waals surface area contributed by atoms with E-state index in [0.29, 0.717) is 11.0 Å². The minimum absolute atomic E-state index is 0.0350. The van der Waals surface area contributed by atoms with Crippen molar-refractivity contribution in [1.82, 2.24) is 19.9 Å². The van der Waals surface area contributed by atoms with E-state index in [0.717, 1.165) is 4.79 Å². The third-order valence-electron chi connectivity index (χ3n) is 1.45. The molecule has 0 radical (unpaired) electrons. The van der Waals surface area contributed by atoms with Crippen molar-refractivity contribution < 1.29 is 5.11 Å². The van der Waals surface area contributed by atoms with Gasteiger partial charge in [0.2, 0.25) is 11.8 Å². The summed E-state index contributed by atoms with van der Waals surface area (Å²) in [4.78, 5) is 8.33. The van der Waals surface area contributed by atoms with Crippen LogP contribution in [-0.4, -0.2) is 25.0 Å². The molecule has 0 aromatic carbocycles. The average molecular weight is 166 g/mol. The quantitative estimate of drug-likeness (QED) is 0.424. The zero-order valence-electron chi connectivity index (χ0n) is 5.97. The molecule has 5 N–H and O–H groups in total. The van der Waals surface area contributed by atoms with Gasteiger partial charge in [-0.15, -0.1) is 0 Å². The lowest BCUT2D eigenvalue weighted by Gasteiger charge is -1.96. The van der Waals surface area contributed by atoms with Crippen molar-refractivity contribution in [2.75, 3.05) is 11.6 Å². The molecule has 62 valence electrons. The maximum atomic E-state index is 9.23. The molecular formula is C5H6N6O. The predicted octanol–water partition coefficient (Wildman–Crippen LogP) is -1.17. The lowest BCUT2D eigenvalue weighted by molar-refractivity contribution is 0.460. The lowest BCUT2D eigenvalue weighted by atomic mass is 10.4. The van der Waals surface area contributed by atoms with Crippen molar-refractivity contribution in [3.05, 3.63) is 6.20 Å². The molecule has 0 saturated carbocycles. The summed E-state index contributed by atoms with van der Waals surface area (Å²) in [6, 6.07) is 0. The van der Waals surface area contributed by atoms with Gasteiger partial charge in [-0.3, -0.25) is 0 Å². The molecule has 0 amide bonds. The third kappa shape index (κ3) is 0.729. The molecule has 0 aliphatic rings. The second-order valence-electron chi connectivity index (χ2n) is 2.23. The van der Waals surface area contributed by atoms with E-state index in [2.05, 4.69) is 15.1 Å². The standard InChI is InChI=1S/C5H6N6O/c6-5-9-3-2(4(12)10-5)1-8-11(3)7/h1H,7H2,(H3,6,9,10,12). The Morgan fingerprint density at radius 2 is 2.17 bits per heavy atom. The van der Waals surface area contributed by atoms with Crippen molar-refractivity contribution in [1.29, 1.82) is 0 Å². The van der Waals surface area contributed by atoms with Gasteiger partial charge in [-0.1, -0.05) is 0 Å². The van der Waals surface area contributed by atoms with E-state index < -0.39 is 0 Å². The zero-order chi connectivity index (χ0) is 8.72. The van der Waals surface area contributed by atoms with Gasteiger partial charge >= 0.3 is 0 Å². The second kappa shape index (κ2) is 1.97. The fourth-order valence-corrected chi connectivity index (χ4v) is 0.927. The van der Waals surface area contributed by atoms with Gasteiger partial charge in [-0.25, -0.2) is 0 Å². The molecule has 7 heteroatoms. The maximum Gasteiger partial charge on any atom is 0.227 e. The Bertz CT molecular complexity index is 435. The Balaban J connectivity index is 2.92. The molecule has 0 aliphatic carbocycles. The summed E-state index contributed by atoms with van der Waals surface area (Å²) in [5, 5.41) is 13.3. The largest absolute Gasteiger partial charge is 0.493 e. The highest BCUT2D eigenvalue weighted by atomic mass is 16.3. The van der Waals surface area contributed by atoms with Gasteiger partial charge in [0.25, 0.3) is 0 Å². The van der Waals surface area contributed by atoms with Crippen molar-refractivity contribution in [2.24, 2.45) is 0 Å².